The molecule has 0 heterocycles. The molecule has 1 saturated carbocycles. The van der Waals surface area contributed by atoms with Gasteiger partial charge in [0.2, 0.25) is 5.91 Å². The summed E-state index contributed by atoms with van der Waals surface area (Å²) in [6.07, 6.45) is -1.28. The summed E-state index contributed by atoms with van der Waals surface area (Å²) in [5, 5.41) is 3.41. The van der Waals surface area contributed by atoms with Gasteiger partial charge in [-0.1, -0.05) is 6.92 Å². The molecule has 0 aromatic rings. The van der Waals surface area contributed by atoms with Crippen LogP contribution in [0.3, 0.4) is 0 Å². The van der Waals surface area contributed by atoms with Crippen molar-refractivity contribution in [1.82, 2.24) is 10.2 Å². The fourth-order valence-electron chi connectivity index (χ4n) is 2.52. The molecule has 112 valence electrons. The molecule has 0 aliphatic heterocycles. The zero-order chi connectivity index (χ0) is 14.5. The van der Waals surface area contributed by atoms with Gasteiger partial charge in [-0.15, -0.1) is 0 Å². The van der Waals surface area contributed by atoms with Crippen molar-refractivity contribution in [3.8, 4) is 0 Å². The monoisotopic (exact) mass is 280 g/mol. The third-order valence-electron chi connectivity index (χ3n) is 3.67. The van der Waals surface area contributed by atoms with Crippen molar-refractivity contribution in [2.75, 3.05) is 13.6 Å². The first kappa shape index (κ1) is 16.3. The van der Waals surface area contributed by atoms with Gasteiger partial charge in [-0.2, -0.15) is 13.2 Å². The summed E-state index contributed by atoms with van der Waals surface area (Å²) in [6, 6.07) is 0.400. The van der Waals surface area contributed by atoms with Crippen molar-refractivity contribution in [3.05, 3.63) is 0 Å². The zero-order valence-electron chi connectivity index (χ0n) is 11.6. The quantitative estimate of drug-likeness (QED) is 0.840. The molecule has 1 N–H and O–H groups in total. The van der Waals surface area contributed by atoms with Gasteiger partial charge in [0, 0.05) is 19.1 Å². The van der Waals surface area contributed by atoms with E-state index in [2.05, 4.69) is 12.2 Å². The Hall–Kier alpha value is -0.780. The number of hydrogen-bond acceptors (Lipinski definition) is 2. The minimum atomic E-state index is -4.41. The number of carbonyl (C=O) groups is 1. The van der Waals surface area contributed by atoms with E-state index in [1.54, 1.807) is 0 Å². The van der Waals surface area contributed by atoms with Crippen molar-refractivity contribution in [1.29, 1.82) is 0 Å². The second-order valence-electron chi connectivity index (χ2n) is 5.26. The van der Waals surface area contributed by atoms with E-state index in [0.717, 1.165) is 38.6 Å². The van der Waals surface area contributed by atoms with Crippen LogP contribution in [0.15, 0.2) is 0 Å². The molecule has 0 radical (unpaired) electrons. The highest BCUT2D eigenvalue weighted by atomic mass is 19.4. The van der Waals surface area contributed by atoms with Gasteiger partial charge in [0.15, 0.2) is 0 Å². The molecule has 0 aromatic carbocycles. The number of alkyl halides is 3. The Morgan fingerprint density at radius 1 is 1.26 bits per heavy atom. The Labute approximate surface area is 112 Å². The maximum Gasteiger partial charge on any atom is 0.397 e. The Morgan fingerprint density at radius 2 is 1.84 bits per heavy atom. The second-order valence-corrected chi connectivity index (χ2v) is 5.26. The summed E-state index contributed by atoms with van der Waals surface area (Å²) in [7, 11) is 1.48. The summed E-state index contributed by atoms with van der Waals surface area (Å²) >= 11 is 0. The van der Waals surface area contributed by atoms with E-state index < -0.39 is 18.5 Å². The average Bonchev–Trinajstić information content (AvgIpc) is 2.34. The maximum absolute atomic E-state index is 12.2. The predicted molar refractivity (Wildman–Crippen MR) is 67.8 cm³/mol. The van der Waals surface area contributed by atoms with E-state index in [4.69, 9.17) is 0 Å². The van der Waals surface area contributed by atoms with Crippen LogP contribution in [0, 0.1) is 0 Å². The highest BCUT2D eigenvalue weighted by molar-refractivity contribution is 5.76. The summed E-state index contributed by atoms with van der Waals surface area (Å²) in [5.74, 6) is -0.822. The SMILES string of the molecule is CCCNC1CCC(N(C)C(=O)CC(F)(F)F)CC1. The summed E-state index contributed by atoms with van der Waals surface area (Å²) < 4.78 is 36.5. The van der Waals surface area contributed by atoms with E-state index in [9.17, 15) is 18.0 Å². The minimum Gasteiger partial charge on any atom is -0.342 e. The first-order valence-electron chi connectivity index (χ1n) is 6.89. The molecule has 1 amide bonds. The number of nitrogens with one attached hydrogen (secondary N) is 1. The molecular weight excluding hydrogens is 257 g/mol. The molecule has 0 aromatic heterocycles. The predicted octanol–water partition coefficient (Wildman–Crippen LogP) is 2.71. The van der Waals surface area contributed by atoms with Crippen LogP contribution in [-0.4, -0.2) is 42.7 Å². The molecule has 0 saturated heterocycles. The highest BCUT2D eigenvalue weighted by Gasteiger charge is 2.35. The Bertz CT molecular complexity index is 286. The minimum absolute atomic E-state index is 0.0467. The number of hydrogen-bond donors (Lipinski definition) is 1. The van der Waals surface area contributed by atoms with Crippen LogP contribution >= 0.6 is 0 Å². The number of rotatable bonds is 5. The molecule has 3 nitrogen and oxygen atoms in total. The number of carbonyl (C=O) groups excluding carboxylic acids is 1. The van der Waals surface area contributed by atoms with Crippen LogP contribution in [0.5, 0.6) is 0 Å². The van der Waals surface area contributed by atoms with Crippen LogP contribution in [0.4, 0.5) is 13.2 Å². The van der Waals surface area contributed by atoms with E-state index in [-0.39, 0.29) is 6.04 Å². The van der Waals surface area contributed by atoms with Crippen molar-refractivity contribution < 1.29 is 18.0 Å². The van der Waals surface area contributed by atoms with Gasteiger partial charge in [0.05, 0.1) is 0 Å². The molecule has 1 aliphatic rings. The lowest BCUT2D eigenvalue weighted by Crippen LogP contribution is -2.44. The van der Waals surface area contributed by atoms with E-state index in [1.807, 2.05) is 0 Å². The second kappa shape index (κ2) is 7.12. The molecule has 0 atom stereocenters. The van der Waals surface area contributed by atoms with Crippen molar-refractivity contribution in [3.63, 3.8) is 0 Å². The van der Waals surface area contributed by atoms with Gasteiger partial charge in [0.25, 0.3) is 0 Å². The molecule has 1 rings (SSSR count). The summed E-state index contributed by atoms with van der Waals surface area (Å²) in [5.41, 5.74) is 0. The van der Waals surface area contributed by atoms with Crippen molar-refractivity contribution in [2.24, 2.45) is 0 Å². The van der Waals surface area contributed by atoms with Crippen LogP contribution in [0.25, 0.3) is 0 Å². The van der Waals surface area contributed by atoms with Gasteiger partial charge in [-0.3, -0.25) is 4.79 Å². The lowest BCUT2D eigenvalue weighted by atomic mass is 9.90. The Morgan fingerprint density at radius 3 is 2.32 bits per heavy atom. The number of amides is 1. The molecule has 1 fully saturated rings. The van der Waals surface area contributed by atoms with Crippen LogP contribution in [0.1, 0.15) is 45.4 Å². The first-order valence-corrected chi connectivity index (χ1v) is 6.89. The lowest BCUT2D eigenvalue weighted by Gasteiger charge is -2.35. The van der Waals surface area contributed by atoms with Gasteiger partial charge in [-0.05, 0) is 38.6 Å². The van der Waals surface area contributed by atoms with Gasteiger partial charge in [0.1, 0.15) is 6.42 Å². The van der Waals surface area contributed by atoms with E-state index in [0.29, 0.717) is 6.04 Å². The molecule has 1 aliphatic carbocycles. The third-order valence-corrected chi connectivity index (χ3v) is 3.67. The fraction of sp³-hybridized carbons (Fsp3) is 0.923. The maximum atomic E-state index is 12.2. The normalized spacial score (nSPS) is 24.3. The van der Waals surface area contributed by atoms with E-state index >= 15 is 0 Å². The van der Waals surface area contributed by atoms with Crippen molar-refractivity contribution >= 4 is 5.91 Å². The standard InChI is InChI=1S/C13H23F3N2O/c1-3-8-17-10-4-6-11(7-5-10)18(2)12(19)9-13(14,15)16/h10-11,17H,3-9H2,1-2H3. The first-order chi connectivity index (χ1) is 8.83. The lowest BCUT2D eigenvalue weighted by molar-refractivity contribution is -0.162. The molecular formula is C13H23F3N2O. The zero-order valence-corrected chi connectivity index (χ0v) is 11.6. The average molecular weight is 280 g/mol. The van der Waals surface area contributed by atoms with Crippen LogP contribution < -0.4 is 5.32 Å². The largest absolute Gasteiger partial charge is 0.397 e. The number of halogens is 3. The molecule has 6 heteroatoms. The van der Waals surface area contributed by atoms with Crippen LogP contribution in [0.2, 0.25) is 0 Å². The summed E-state index contributed by atoms with van der Waals surface area (Å²) in [6.45, 7) is 3.07. The summed E-state index contributed by atoms with van der Waals surface area (Å²) in [4.78, 5) is 12.8. The topological polar surface area (TPSA) is 32.3 Å². The molecule has 0 bridgehead atoms. The third kappa shape index (κ3) is 5.80. The van der Waals surface area contributed by atoms with Gasteiger partial charge >= 0.3 is 6.18 Å². The van der Waals surface area contributed by atoms with Crippen molar-refractivity contribution in [2.45, 2.75) is 63.7 Å². The van der Waals surface area contributed by atoms with Gasteiger partial charge in [-0.25, -0.2) is 0 Å². The number of nitrogens with zero attached hydrogens (tertiary/aromatic N) is 1. The molecule has 0 unspecified atom stereocenters. The Balaban J connectivity index is 2.36. The smallest absolute Gasteiger partial charge is 0.342 e. The molecule has 0 spiro atoms. The Kier molecular flexibility index (Phi) is 6.10. The highest BCUT2D eigenvalue weighted by Crippen LogP contribution is 2.25. The molecule has 19 heavy (non-hydrogen) atoms. The van der Waals surface area contributed by atoms with Crippen LogP contribution in [-0.2, 0) is 4.79 Å². The van der Waals surface area contributed by atoms with Gasteiger partial charge < -0.3 is 10.2 Å². The van der Waals surface area contributed by atoms with E-state index in [1.165, 1.54) is 11.9 Å². The fourth-order valence-corrected chi connectivity index (χ4v) is 2.52.